The van der Waals surface area contributed by atoms with Gasteiger partial charge in [-0.25, -0.2) is 4.39 Å². The Morgan fingerprint density at radius 2 is 1.88 bits per heavy atom. The molecule has 3 heteroatoms. The molecule has 0 radical (unpaired) electrons. The maximum Gasteiger partial charge on any atom is 0.142 e. The van der Waals surface area contributed by atoms with Crippen molar-refractivity contribution in [2.24, 2.45) is 5.73 Å². The highest BCUT2D eigenvalue weighted by Crippen LogP contribution is 2.32. The van der Waals surface area contributed by atoms with Gasteiger partial charge in [0.15, 0.2) is 0 Å². The van der Waals surface area contributed by atoms with Crippen molar-refractivity contribution in [3.8, 4) is 0 Å². The summed E-state index contributed by atoms with van der Waals surface area (Å²) < 4.78 is 13.7. The van der Waals surface area contributed by atoms with Crippen molar-refractivity contribution in [1.82, 2.24) is 0 Å². The van der Waals surface area contributed by atoms with E-state index in [2.05, 4.69) is 0 Å². The highest BCUT2D eigenvalue weighted by atomic mass is 35.5. The summed E-state index contributed by atoms with van der Waals surface area (Å²) >= 11 is 6.02. The van der Waals surface area contributed by atoms with Crippen molar-refractivity contribution in [3.05, 3.63) is 34.1 Å². The first-order chi connectivity index (χ1) is 7.86. The van der Waals surface area contributed by atoms with Crippen LogP contribution in [0.3, 0.4) is 0 Å². The molecule has 0 aliphatic carbocycles. The summed E-state index contributed by atoms with van der Waals surface area (Å²) in [5.41, 5.74) is 7.20. The molecule has 96 valence electrons. The average Bonchev–Trinajstić information content (AvgIpc) is 2.21. The van der Waals surface area contributed by atoms with Crippen molar-refractivity contribution in [3.63, 3.8) is 0 Å². The molecule has 0 spiro atoms. The van der Waals surface area contributed by atoms with Crippen LogP contribution in [0.25, 0.3) is 0 Å². The van der Waals surface area contributed by atoms with Crippen molar-refractivity contribution >= 4 is 11.6 Å². The van der Waals surface area contributed by atoms with E-state index in [1.165, 1.54) is 6.07 Å². The van der Waals surface area contributed by atoms with E-state index in [9.17, 15) is 4.39 Å². The number of hydrogen-bond donors (Lipinski definition) is 1. The second-order valence-corrected chi connectivity index (χ2v) is 5.81. The Kier molecular flexibility index (Phi) is 4.96. The molecule has 0 saturated carbocycles. The summed E-state index contributed by atoms with van der Waals surface area (Å²) in [5, 5.41) is 0.250. The van der Waals surface area contributed by atoms with Gasteiger partial charge in [0.05, 0.1) is 5.02 Å². The first-order valence-corrected chi connectivity index (χ1v) is 6.42. The monoisotopic (exact) mass is 257 g/mol. The molecule has 0 aromatic heterocycles. The van der Waals surface area contributed by atoms with Gasteiger partial charge in [0, 0.05) is 0 Å². The molecule has 2 N–H and O–H groups in total. The molecule has 1 nitrogen and oxygen atoms in total. The number of halogens is 2. The molecule has 0 atom stereocenters. The maximum absolute atomic E-state index is 13.7. The normalized spacial score (nSPS) is 11.9. The molecular formula is C14H21ClFN. The first kappa shape index (κ1) is 14.5. The van der Waals surface area contributed by atoms with E-state index in [1.807, 2.05) is 26.8 Å². The lowest BCUT2D eigenvalue weighted by Crippen LogP contribution is -2.13. The molecule has 17 heavy (non-hydrogen) atoms. The van der Waals surface area contributed by atoms with Gasteiger partial charge in [0.25, 0.3) is 0 Å². The Hall–Kier alpha value is -0.600. The summed E-state index contributed by atoms with van der Waals surface area (Å²) in [6.45, 7) is 6.80. The highest BCUT2D eigenvalue weighted by Gasteiger charge is 2.20. The quantitative estimate of drug-likeness (QED) is 0.809. The fourth-order valence-corrected chi connectivity index (χ4v) is 2.20. The summed E-state index contributed by atoms with van der Waals surface area (Å²) in [6.07, 6.45) is 2.81. The Morgan fingerprint density at radius 1 is 1.24 bits per heavy atom. The second kappa shape index (κ2) is 5.83. The molecule has 0 unspecified atom stereocenters. The number of hydrogen-bond acceptors (Lipinski definition) is 1. The molecule has 0 amide bonds. The fourth-order valence-electron chi connectivity index (χ4n) is 1.81. The van der Waals surface area contributed by atoms with E-state index in [1.54, 1.807) is 0 Å². The van der Waals surface area contributed by atoms with Gasteiger partial charge in [-0.3, -0.25) is 0 Å². The lowest BCUT2D eigenvalue weighted by Gasteiger charge is -2.22. The molecule has 0 saturated heterocycles. The third-order valence-corrected chi connectivity index (χ3v) is 3.20. The number of nitrogens with two attached hydrogens (primary N) is 1. The van der Waals surface area contributed by atoms with Gasteiger partial charge in [-0.1, -0.05) is 38.4 Å². The third kappa shape index (κ3) is 3.97. The van der Waals surface area contributed by atoms with Crippen LogP contribution in [0.4, 0.5) is 4.39 Å². The molecule has 0 heterocycles. The van der Waals surface area contributed by atoms with Crippen molar-refractivity contribution < 1.29 is 4.39 Å². The fraction of sp³-hybridized carbons (Fsp3) is 0.571. The number of benzene rings is 1. The smallest absolute Gasteiger partial charge is 0.142 e. The number of aryl methyl sites for hydroxylation is 1. The van der Waals surface area contributed by atoms with Gasteiger partial charge in [0.1, 0.15) is 5.82 Å². The Balaban J connectivity index is 2.98. The molecule has 0 bridgehead atoms. The van der Waals surface area contributed by atoms with Gasteiger partial charge >= 0.3 is 0 Å². The molecule has 1 rings (SSSR count). The van der Waals surface area contributed by atoms with Crippen LogP contribution in [0.1, 0.15) is 44.7 Å². The lowest BCUT2D eigenvalue weighted by molar-refractivity contribution is 0.569. The third-order valence-electron chi connectivity index (χ3n) is 2.82. The summed E-state index contributed by atoms with van der Waals surface area (Å²) in [7, 11) is 0. The predicted molar refractivity (Wildman–Crippen MR) is 72.1 cm³/mol. The minimum Gasteiger partial charge on any atom is -0.330 e. The van der Waals surface area contributed by atoms with Crippen LogP contribution in [-0.2, 0) is 11.8 Å². The Labute approximate surface area is 108 Å². The minimum absolute atomic E-state index is 0.137. The summed E-state index contributed by atoms with van der Waals surface area (Å²) in [6, 6.07) is 3.55. The van der Waals surface area contributed by atoms with E-state index in [0.29, 0.717) is 6.54 Å². The zero-order valence-electron chi connectivity index (χ0n) is 10.8. The van der Waals surface area contributed by atoms with Gasteiger partial charge in [-0.05, 0) is 48.4 Å². The SMILES string of the molecule is CC(C)(C)c1cc(CCCCN)cc(F)c1Cl. The van der Waals surface area contributed by atoms with Gasteiger partial charge in [0.2, 0.25) is 0 Å². The standard InChI is InChI=1S/C14H21ClFN/c1-14(2,3)11-8-10(6-4-5-7-17)9-12(16)13(11)15/h8-9H,4-7,17H2,1-3H3. The van der Waals surface area contributed by atoms with E-state index in [0.717, 1.165) is 30.4 Å². The Morgan fingerprint density at radius 3 is 2.41 bits per heavy atom. The zero-order chi connectivity index (χ0) is 13.1. The molecule has 0 aliphatic heterocycles. The summed E-state index contributed by atoms with van der Waals surface area (Å²) in [5.74, 6) is -0.318. The minimum atomic E-state index is -0.318. The van der Waals surface area contributed by atoms with Crippen molar-refractivity contribution in [2.45, 2.75) is 45.4 Å². The van der Waals surface area contributed by atoms with Crippen LogP contribution >= 0.6 is 11.6 Å². The number of unbranched alkanes of at least 4 members (excludes halogenated alkanes) is 1. The first-order valence-electron chi connectivity index (χ1n) is 6.04. The topological polar surface area (TPSA) is 26.0 Å². The zero-order valence-corrected chi connectivity index (χ0v) is 11.6. The predicted octanol–water partition coefficient (Wildman–Crippen LogP) is 4.06. The van der Waals surface area contributed by atoms with E-state index in [-0.39, 0.29) is 16.3 Å². The highest BCUT2D eigenvalue weighted by molar-refractivity contribution is 6.31. The Bertz CT molecular complexity index is 383. The van der Waals surface area contributed by atoms with Crippen LogP contribution in [0.2, 0.25) is 5.02 Å². The number of rotatable bonds is 4. The van der Waals surface area contributed by atoms with Crippen LogP contribution in [0, 0.1) is 5.82 Å². The van der Waals surface area contributed by atoms with Gasteiger partial charge in [-0.15, -0.1) is 0 Å². The molecule has 0 aliphatic rings. The van der Waals surface area contributed by atoms with Crippen LogP contribution in [-0.4, -0.2) is 6.54 Å². The van der Waals surface area contributed by atoms with Crippen LogP contribution in [0.15, 0.2) is 12.1 Å². The van der Waals surface area contributed by atoms with Crippen LogP contribution in [0.5, 0.6) is 0 Å². The van der Waals surface area contributed by atoms with E-state index in [4.69, 9.17) is 17.3 Å². The van der Waals surface area contributed by atoms with Crippen molar-refractivity contribution in [2.75, 3.05) is 6.54 Å². The van der Waals surface area contributed by atoms with E-state index < -0.39 is 0 Å². The molecule has 1 aromatic rings. The van der Waals surface area contributed by atoms with Crippen LogP contribution < -0.4 is 5.73 Å². The lowest BCUT2D eigenvalue weighted by atomic mass is 9.85. The molecular weight excluding hydrogens is 237 g/mol. The van der Waals surface area contributed by atoms with Crippen molar-refractivity contribution in [1.29, 1.82) is 0 Å². The average molecular weight is 258 g/mol. The largest absolute Gasteiger partial charge is 0.330 e. The second-order valence-electron chi connectivity index (χ2n) is 5.43. The van der Waals surface area contributed by atoms with Gasteiger partial charge in [-0.2, -0.15) is 0 Å². The summed E-state index contributed by atoms with van der Waals surface area (Å²) in [4.78, 5) is 0. The molecule has 1 aromatic carbocycles. The van der Waals surface area contributed by atoms with E-state index >= 15 is 0 Å². The van der Waals surface area contributed by atoms with Gasteiger partial charge < -0.3 is 5.73 Å². The maximum atomic E-state index is 13.7. The molecule has 0 fully saturated rings.